The van der Waals surface area contributed by atoms with E-state index >= 15 is 0 Å². The van der Waals surface area contributed by atoms with Crippen molar-refractivity contribution in [2.75, 3.05) is 13.1 Å². The zero-order valence-electron chi connectivity index (χ0n) is 13.7. The summed E-state index contributed by atoms with van der Waals surface area (Å²) < 4.78 is 27.5. The van der Waals surface area contributed by atoms with Crippen molar-refractivity contribution in [2.24, 2.45) is 0 Å². The number of hydrogen-bond acceptors (Lipinski definition) is 2. The molecular weight excluding hydrogens is 307 g/mol. The molecule has 24 heavy (non-hydrogen) atoms. The molecule has 2 aromatic carbocycles. The van der Waals surface area contributed by atoms with Crippen molar-refractivity contribution in [3.8, 4) is 0 Å². The molecule has 5 heteroatoms. The molecule has 0 aliphatic carbocycles. The lowest BCUT2D eigenvalue weighted by Crippen LogP contribution is -2.41. The molecule has 1 aliphatic heterocycles. The quantitative estimate of drug-likeness (QED) is 0.862. The zero-order valence-corrected chi connectivity index (χ0v) is 13.7. The highest BCUT2D eigenvalue weighted by Gasteiger charge is 2.23. The monoisotopic (exact) mass is 327 g/mol. The third kappa shape index (κ3) is 3.74. The minimum Gasteiger partial charge on any atom is -0.437 e. The fourth-order valence-electron chi connectivity index (χ4n) is 3.30. The molecule has 1 N–H and O–H groups in total. The van der Waals surface area contributed by atoms with Gasteiger partial charge < -0.3 is 9.83 Å². The van der Waals surface area contributed by atoms with Crippen molar-refractivity contribution in [3.05, 3.63) is 76.9 Å². The number of piperidine rings is 1. The fraction of sp³-hybridized carbons (Fsp3) is 0.263. The van der Waals surface area contributed by atoms with Gasteiger partial charge in [0.2, 0.25) is 0 Å². The second-order valence-electron chi connectivity index (χ2n) is 6.17. The van der Waals surface area contributed by atoms with Crippen LogP contribution in [0.4, 0.5) is 8.78 Å². The molecule has 0 atom stereocenters. The van der Waals surface area contributed by atoms with Crippen LogP contribution in [0.5, 0.6) is 0 Å². The molecule has 0 bridgehead atoms. The van der Waals surface area contributed by atoms with E-state index in [1.807, 2.05) is 35.1 Å². The summed E-state index contributed by atoms with van der Waals surface area (Å²) in [6.07, 6.45) is 1.54. The molecule has 1 fully saturated rings. The number of hydrogen-bond donors (Lipinski definition) is 1. The lowest BCUT2D eigenvalue weighted by molar-refractivity contribution is 0.345. The Morgan fingerprint density at radius 1 is 0.958 bits per heavy atom. The summed E-state index contributed by atoms with van der Waals surface area (Å²) in [5.74, 6) is -1.14. The highest BCUT2D eigenvalue weighted by molar-refractivity contribution is 6.45. The molecule has 0 saturated carbocycles. The summed E-state index contributed by atoms with van der Waals surface area (Å²) in [4.78, 5) is 2.00. The largest absolute Gasteiger partial charge is 0.437 e. The van der Waals surface area contributed by atoms with E-state index < -0.39 is 18.7 Å². The Morgan fingerprint density at radius 3 is 2.08 bits per heavy atom. The molecule has 1 aliphatic rings. The van der Waals surface area contributed by atoms with Crippen LogP contribution in [0.3, 0.4) is 0 Å². The van der Waals surface area contributed by atoms with Crippen LogP contribution in [0.25, 0.3) is 5.57 Å². The van der Waals surface area contributed by atoms with Gasteiger partial charge in [-0.1, -0.05) is 35.9 Å². The molecule has 1 saturated heterocycles. The molecule has 0 spiro atoms. The predicted molar refractivity (Wildman–Crippen MR) is 93.5 cm³/mol. The van der Waals surface area contributed by atoms with E-state index in [1.54, 1.807) is 6.82 Å². The van der Waals surface area contributed by atoms with Gasteiger partial charge >= 0.3 is 7.05 Å². The van der Waals surface area contributed by atoms with Crippen molar-refractivity contribution in [1.82, 2.24) is 4.81 Å². The minimum absolute atomic E-state index is 0.474. The minimum atomic E-state index is -0.569. The summed E-state index contributed by atoms with van der Waals surface area (Å²) in [5.41, 5.74) is 3.60. The van der Waals surface area contributed by atoms with Crippen LogP contribution >= 0.6 is 0 Å². The zero-order chi connectivity index (χ0) is 17.1. The van der Waals surface area contributed by atoms with Crippen molar-refractivity contribution in [2.45, 2.75) is 19.7 Å². The maximum atomic E-state index is 13.7. The van der Waals surface area contributed by atoms with Crippen LogP contribution in [0, 0.1) is 11.6 Å². The Kier molecular flexibility index (Phi) is 5.12. The second-order valence-corrected chi connectivity index (χ2v) is 6.17. The summed E-state index contributed by atoms with van der Waals surface area (Å²) in [6, 6.07) is 13.4. The standard InChI is InChI=1S/C19H20BF2NO/c1-20(24)23-9-7-15(8-10-23)19(14-5-3-2-4-6-14)16-11-17(21)13-18(22)12-16/h2-6,11-13,24H,7-10H2,1H3. The molecule has 0 unspecified atom stereocenters. The van der Waals surface area contributed by atoms with E-state index in [9.17, 15) is 13.8 Å². The van der Waals surface area contributed by atoms with Crippen LogP contribution in [-0.2, 0) is 0 Å². The lowest BCUT2D eigenvalue weighted by atomic mass is 9.80. The SMILES string of the molecule is CB(O)N1CCC(=C(c2ccccc2)c2cc(F)cc(F)c2)CC1. The molecule has 124 valence electrons. The van der Waals surface area contributed by atoms with Crippen molar-refractivity contribution in [1.29, 1.82) is 0 Å². The van der Waals surface area contributed by atoms with Crippen LogP contribution in [0.2, 0.25) is 6.82 Å². The van der Waals surface area contributed by atoms with E-state index in [-0.39, 0.29) is 0 Å². The first-order chi connectivity index (χ1) is 11.5. The summed E-state index contributed by atoms with van der Waals surface area (Å²) >= 11 is 0. The topological polar surface area (TPSA) is 23.5 Å². The van der Waals surface area contributed by atoms with Gasteiger partial charge in [0.25, 0.3) is 0 Å². The van der Waals surface area contributed by atoms with Gasteiger partial charge in [0.15, 0.2) is 0 Å². The van der Waals surface area contributed by atoms with Gasteiger partial charge in [-0.3, -0.25) is 0 Å². The molecule has 2 aromatic rings. The number of nitrogens with zero attached hydrogens (tertiary/aromatic N) is 1. The van der Waals surface area contributed by atoms with Crippen LogP contribution in [0.1, 0.15) is 24.0 Å². The first-order valence-electron chi connectivity index (χ1n) is 8.20. The maximum Gasteiger partial charge on any atom is 0.376 e. The van der Waals surface area contributed by atoms with Crippen LogP contribution < -0.4 is 0 Å². The van der Waals surface area contributed by atoms with Gasteiger partial charge in [-0.2, -0.15) is 0 Å². The Labute approximate surface area is 141 Å². The number of benzene rings is 2. The smallest absolute Gasteiger partial charge is 0.376 e. The fourth-order valence-corrected chi connectivity index (χ4v) is 3.30. The molecule has 0 radical (unpaired) electrons. The maximum absolute atomic E-state index is 13.7. The summed E-state index contributed by atoms with van der Waals surface area (Å²) in [6.45, 7) is 3.23. The van der Waals surface area contributed by atoms with Gasteiger partial charge in [-0.25, -0.2) is 8.78 Å². The van der Waals surface area contributed by atoms with Gasteiger partial charge in [-0.15, -0.1) is 0 Å². The van der Waals surface area contributed by atoms with E-state index in [2.05, 4.69) is 0 Å². The summed E-state index contributed by atoms with van der Waals surface area (Å²) in [7, 11) is -0.474. The van der Waals surface area contributed by atoms with Crippen molar-refractivity contribution in [3.63, 3.8) is 0 Å². The highest BCUT2D eigenvalue weighted by Crippen LogP contribution is 2.33. The van der Waals surface area contributed by atoms with E-state index in [0.717, 1.165) is 43.1 Å². The van der Waals surface area contributed by atoms with Crippen LogP contribution in [0.15, 0.2) is 54.1 Å². The van der Waals surface area contributed by atoms with E-state index in [1.165, 1.54) is 17.7 Å². The first kappa shape index (κ1) is 16.9. The highest BCUT2D eigenvalue weighted by atomic mass is 19.1. The third-order valence-corrected chi connectivity index (χ3v) is 4.50. The van der Waals surface area contributed by atoms with Gasteiger partial charge in [0.05, 0.1) is 0 Å². The third-order valence-electron chi connectivity index (χ3n) is 4.50. The molecule has 2 nitrogen and oxygen atoms in total. The van der Waals surface area contributed by atoms with E-state index in [4.69, 9.17) is 0 Å². The van der Waals surface area contributed by atoms with Gasteiger partial charge in [0, 0.05) is 6.07 Å². The summed E-state index contributed by atoms with van der Waals surface area (Å²) in [5, 5.41) is 9.72. The van der Waals surface area contributed by atoms with Crippen molar-refractivity contribution < 1.29 is 13.8 Å². The van der Waals surface area contributed by atoms with Crippen molar-refractivity contribution >= 4 is 12.6 Å². The average Bonchev–Trinajstić information content (AvgIpc) is 2.56. The molecular formula is C19H20BF2NO. The predicted octanol–water partition coefficient (Wildman–Crippen LogP) is 3.97. The normalized spacial score (nSPS) is 15.4. The Hall–Kier alpha value is -1.98. The van der Waals surface area contributed by atoms with E-state index in [0.29, 0.717) is 5.56 Å². The lowest BCUT2D eigenvalue weighted by Gasteiger charge is -2.30. The first-order valence-corrected chi connectivity index (χ1v) is 8.20. The average molecular weight is 327 g/mol. The van der Waals surface area contributed by atoms with Crippen LogP contribution in [-0.4, -0.2) is 30.0 Å². The number of rotatable bonds is 3. The number of halogens is 2. The van der Waals surface area contributed by atoms with Gasteiger partial charge in [-0.05, 0) is 61.6 Å². The Bertz CT molecular complexity index is 716. The molecule has 3 rings (SSSR count). The van der Waals surface area contributed by atoms with Gasteiger partial charge in [0.1, 0.15) is 11.6 Å². The second kappa shape index (κ2) is 7.28. The molecule has 0 aromatic heterocycles. The Morgan fingerprint density at radius 2 is 1.54 bits per heavy atom. The Balaban J connectivity index is 2.05. The molecule has 0 amide bonds. The molecule has 1 heterocycles.